The van der Waals surface area contributed by atoms with Crippen LogP contribution in [0.15, 0.2) is 23.9 Å². The lowest BCUT2D eigenvalue weighted by molar-refractivity contribution is -0.116. The molecule has 1 rings (SSSR count). The maximum absolute atomic E-state index is 11.9. The molecule has 1 heterocycles. The van der Waals surface area contributed by atoms with Gasteiger partial charge in [-0.3, -0.25) is 4.79 Å². The average molecular weight is 177 g/mol. The Balaban J connectivity index is 2.70. The van der Waals surface area contributed by atoms with Crippen LogP contribution >= 0.6 is 0 Å². The van der Waals surface area contributed by atoms with E-state index in [4.69, 9.17) is 0 Å². The van der Waals surface area contributed by atoms with Gasteiger partial charge in [0.05, 0.1) is 5.57 Å². The van der Waals surface area contributed by atoms with E-state index in [2.05, 4.69) is 0 Å². The van der Waals surface area contributed by atoms with E-state index in [9.17, 15) is 18.0 Å². The Kier molecular flexibility index (Phi) is 2.21. The minimum absolute atomic E-state index is 0.0190. The lowest BCUT2D eigenvalue weighted by Crippen LogP contribution is -2.21. The van der Waals surface area contributed by atoms with E-state index in [1.165, 1.54) is 0 Å². The molecule has 0 aromatic rings. The van der Waals surface area contributed by atoms with Crippen LogP contribution in [-0.2, 0) is 4.79 Å². The molecule has 0 aromatic heterocycles. The number of alkyl halides is 3. The van der Waals surface area contributed by atoms with E-state index in [1.54, 1.807) is 0 Å². The zero-order valence-corrected chi connectivity index (χ0v) is 6.01. The van der Waals surface area contributed by atoms with Crippen LogP contribution in [0.25, 0.3) is 0 Å². The highest BCUT2D eigenvalue weighted by atomic mass is 19.4. The predicted octanol–water partition coefficient (Wildman–Crippen LogP) is 1.46. The third-order valence-electron chi connectivity index (χ3n) is 1.43. The zero-order valence-electron chi connectivity index (χ0n) is 6.01. The monoisotopic (exact) mass is 177 g/mol. The van der Waals surface area contributed by atoms with Crippen molar-refractivity contribution in [2.75, 3.05) is 6.54 Å². The number of amides is 1. The molecular weight excluding hydrogens is 171 g/mol. The van der Waals surface area contributed by atoms with Gasteiger partial charge in [0.2, 0.25) is 6.41 Å². The first-order valence-electron chi connectivity index (χ1n) is 3.20. The minimum Gasteiger partial charge on any atom is -0.318 e. The standard InChI is InChI=1S/C7H6F3NO/c8-7(9,10)6-1-3-11(5-12)4-2-6/h1-3,5H,4H2. The first-order valence-corrected chi connectivity index (χ1v) is 3.20. The summed E-state index contributed by atoms with van der Waals surface area (Å²) in [4.78, 5) is 11.2. The maximum Gasteiger partial charge on any atom is 0.416 e. The van der Waals surface area contributed by atoms with Crippen LogP contribution in [0.2, 0.25) is 0 Å². The number of carbonyl (C=O) groups is 1. The number of carbonyl (C=O) groups excluding carboxylic acids is 1. The van der Waals surface area contributed by atoms with Gasteiger partial charge >= 0.3 is 6.18 Å². The molecule has 1 amide bonds. The summed E-state index contributed by atoms with van der Waals surface area (Å²) in [5.74, 6) is 0. The predicted molar refractivity (Wildman–Crippen MR) is 36.0 cm³/mol. The van der Waals surface area contributed by atoms with Crippen molar-refractivity contribution in [3.63, 3.8) is 0 Å². The summed E-state index contributed by atoms with van der Waals surface area (Å²) < 4.78 is 35.8. The number of rotatable bonds is 1. The fourth-order valence-corrected chi connectivity index (χ4v) is 0.797. The molecule has 1 aliphatic heterocycles. The van der Waals surface area contributed by atoms with Crippen molar-refractivity contribution < 1.29 is 18.0 Å². The Morgan fingerprint density at radius 3 is 2.50 bits per heavy atom. The summed E-state index contributed by atoms with van der Waals surface area (Å²) in [5, 5.41) is 0. The number of allylic oxidation sites excluding steroid dienone is 2. The van der Waals surface area contributed by atoms with E-state index < -0.39 is 11.7 Å². The molecule has 12 heavy (non-hydrogen) atoms. The van der Waals surface area contributed by atoms with Gasteiger partial charge in [-0.05, 0) is 6.08 Å². The second-order valence-electron chi connectivity index (χ2n) is 2.28. The second kappa shape index (κ2) is 3.00. The third kappa shape index (κ3) is 1.87. The van der Waals surface area contributed by atoms with Gasteiger partial charge in [0.15, 0.2) is 0 Å². The van der Waals surface area contributed by atoms with Crippen molar-refractivity contribution in [1.29, 1.82) is 0 Å². The van der Waals surface area contributed by atoms with Crippen LogP contribution in [0.1, 0.15) is 0 Å². The largest absolute Gasteiger partial charge is 0.416 e. The Hall–Kier alpha value is -1.26. The topological polar surface area (TPSA) is 20.3 Å². The second-order valence-corrected chi connectivity index (χ2v) is 2.28. The average Bonchev–Trinajstić information content (AvgIpc) is 2.03. The van der Waals surface area contributed by atoms with Gasteiger partial charge in [0, 0.05) is 12.7 Å². The Morgan fingerprint density at radius 1 is 1.50 bits per heavy atom. The molecule has 0 aromatic carbocycles. The molecule has 0 aliphatic carbocycles. The highest BCUT2D eigenvalue weighted by molar-refractivity contribution is 5.51. The fourth-order valence-electron chi connectivity index (χ4n) is 0.797. The molecule has 0 fully saturated rings. The summed E-state index contributed by atoms with van der Waals surface area (Å²) in [5.41, 5.74) is -0.708. The van der Waals surface area contributed by atoms with Crippen LogP contribution in [-0.4, -0.2) is 24.0 Å². The summed E-state index contributed by atoms with van der Waals surface area (Å²) in [6.45, 7) is -0.0190. The van der Waals surface area contributed by atoms with Gasteiger partial charge in [-0.25, -0.2) is 0 Å². The first-order chi connectivity index (χ1) is 5.54. The molecule has 5 heteroatoms. The van der Waals surface area contributed by atoms with Gasteiger partial charge in [-0.1, -0.05) is 6.08 Å². The van der Waals surface area contributed by atoms with Crippen molar-refractivity contribution in [2.24, 2.45) is 0 Å². The molecule has 0 saturated heterocycles. The Labute approximate surface area is 67.0 Å². The SMILES string of the molecule is O=CN1C=CC(C(F)(F)F)=CC1. The summed E-state index contributed by atoms with van der Waals surface area (Å²) >= 11 is 0. The number of nitrogens with zero attached hydrogens (tertiary/aromatic N) is 1. The molecule has 0 saturated carbocycles. The Morgan fingerprint density at radius 2 is 2.17 bits per heavy atom. The molecule has 1 aliphatic rings. The molecule has 2 nitrogen and oxygen atoms in total. The van der Waals surface area contributed by atoms with Crippen LogP contribution in [0.3, 0.4) is 0 Å². The summed E-state index contributed by atoms with van der Waals surface area (Å²) in [6, 6.07) is 0. The minimum atomic E-state index is -4.31. The quantitative estimate of drug-likeness (QED) is 0.555. The highest BCUT2D eigenvalue weighted by Crippen LogP contribution is 2.27. The van der Waals surface area contributed by atoms with Crippen LogP contribution < -0.4 is 0 Å². The third-order valence-corrected chi connectivity index (χ3v) is 1.43. The molecule has 0 N–H and O–H groups in total. The van der Waals surface area contributed by atoms with E-state index in [0.717, 1.165) is 23.3 Å². The van der Waals surface area contributed by atoms with Gasteiger partial charge in [0.1, 0.15) is 0 Å². The number of hydrogen-bond donors (Lipinski definition) is 0. The van der Waals surface area contributed by atoms with Crippen molar-refractivity contribution in [1.82, 2.24) is 4.90 Å². The van der Waals surface area contributed by atoms with E-state index >= 15 is 0 Å². The lowest BCUT2D eigenvalue weighted by Gasteiger charge is -2.16. The van der Waals surface area contributed by atoms with Gasteiger partial charge in [0.25, 0.3) is 0 Å². The van der Waals surface area contributed by atoms with Gasteiger partial charge in [-0.15, -0.1) is 0 Å². The molecule has 0 radical (unpaired) electrons. The molecule has 66 valence electrons. The maximum atomic E-state index is 11.9. The van der Waals surface area contributed by atoms with Crippen molar-refractivity contribution in [2.45, 2.75) is 6.18 Å². The zero-order chi connectivity index (χ0) is 9.19. The van der Waals surface area contributed by atoms with Crippen molar-refractivity contribution in [3.05, 3.63) is 23.9 Å². The number of halogens is 3. The molecule has 0 unspecified atom stereocenters. The fraction of sp³-hybridized carbons (Fsp3) is 0.286. The number of hydrogen-bond acceptors (Lipinski definition) is 1. The summed E-state index contributed by atoms with van der Waals surface area (Å²) in [7, 11) is 0. The van der Waals surface area contributed by atoms with Gasteiger partial charge in [-0.2, -0.15) is 13.2 Å². The van der Waals surface area contributed by atoms with E-state index in [1.807, 2.05) is 0 Å². The molecule has 0 spiro atoms. The summed E-state index contributed by atoms with van der Waals surface area (Å²) in [6.07, 6.45) is -0.895. The van der Waals surface area contributed by atoms with Crippen molar-refractivity contribution in [3.8, 4) is 0 Å². The van der Waals surface area contributed by atoms with Crippen molar-refractivity contribution >= 4 is 6.41 Å². The first kappa shape index (κ1) is 8.83. The highest BCUT2D eigenvalue weighted by Gasteiger charge is 2.32. The molecule has 0 atom stereocenters. The van der Waals surface area contributed by atoms with E-state index in [-0.39, 0.29) is 6.54 Å². The van der Waals surface area contributed by atoms with E-state index in [0.29, 0.717) is 6.41 Å². The molecular formula is C7H6F3NO. The smallest absolute Gasteiger partial charge is 0.318 e. The molecule has 0 bridgehead atoms. The van der Waals surface area contributed by atoms with Crippen LogP contribution in [0.5, 0.6) is 0 Å². The van der Waals surface area contributed by atoms with Crippen LogP contribution in [0, 0.1) is 0 Å². The normalized spacial score (nSPS) is 17.6. The lowest BCUT2D eigenvalue weighted by atomic mass is 10.2. The van der Waals surface area contributed by atoms with Crippen LogP contribution in [0.4, 0.5) is 13.2 Å². The Bertz CT molecular complexity index is 242. The van der Waals surface area contributed by atoms with Gasteiger partial charge < -0.3 is 4.90 Å².